The summed E-state index contributed by atoms with van der Waals surface area (Å²) in [7, 11) is 0. The van der Waals surface area contributed by atoms with Gasteiger partial charge in [0.1, 0.15) is 11.7 Å². The minimum atomic E-state index is -0.446. The molecule has 6 heteroatoms. The molecule has 1 aliphatic rings. The summed E-state index contributed by atoms with van der Waals surface area (Å²) in [4.78, 5) is 17.3. The van der Waals surface area contributed by atoms with E-state index in [2.05, 4.69) is 4.98 Å². The van der Waals surface area contributed by atoms with Gasteiger partial charge in [0.2, 0.25) is 0 Å². The van der Waals surface area contributed by atoms with Gasteiger partial charge in [-0.2, -0.15) is 0 Å². The van der Waals surface area contributed by atoms with Gasteiger partial charge in [-0.25, -0.2) is 9.78 Å². The van der Waals surface area contributed by atoms with Gasteiger partial charge in [-0.3, -0.25) is 0 Å². The van der Waals surface area contributed by atoms with E-state index < -0.39 is 5.60 Å². The van der Waals surface area contributed by atoms with E-state index in [1.54, 1.807) is 11.1 Å². The lowest BCUT2D eigenvalue weighted by molar-refractivity contribution is -0.0221. The largest absolute Gasteiger partial charge is 0.463 e. The van der Waals surface area contributed by atoms with Gasteiger partial charge >= 0.3 is 6.09 Å². The molecule has 1 aliphatic heterocycles. The quantitative estimate of drug-likeness (QED) is 0.813. The van der Waals surface area contributed by atoms with Gasteiger partial charge in [0.05, 0.1) is 13.1 Å². The maximum absolute atomic E-state index is 11.6. The fraction of sp³-hybridized carbons (Fsp3) is 0.636. The van der Waals surface area contributed by atoms with Gasteiger partial charge in [0, 0.05) is 11.6 Å². The van der Waals surface area contributed by atoms with Gasteiger partial charge in [-0.15, -0.1) is 0 Å². The molecule has 0 bridgehead atoms. The van der Waals surface area contributed by atoms with Crippen molar-refractivity contribution in [3.8, 4) is 5.19 Å². The van der Waals surface area contributed by atoms with E-state index in [1.165, 1.54) is 11.3 Å². The molecular formula is C11H16N2O3S. The molecule has 1 amide bonds. The Kier molecular flexibility index (Phi) is 3.24. The maximum atomic E-state index is 11.6. The molecule has 2 rings (SSSR count). The van der Waals surface area contributed by atoms with Crippen molar-refractivity contribution >= 4 is 17.4 Å². The lowest BCUT2D eigenvalue weighted by Gasteiger charge is -2.38. The smallest absolute Gasteiger partial charge is 0.410 e. The summed E-state index contributed by atoms with van der Waals surface area (Å²) in [6, 6.07) is 0. The molecule has 1 saturated heterocycles. The highest BCUT2D eigenvalue weighted by molar-refractivity contribution is 7.11. The van der Waals surface area contributed by atoms with Crippen LogP contribution in [0.2, 0.25) is 0 Å². The molecule has 0 aromatic carbocycles. The zero-order valence-electron chi connectivity index (χ0n) is 10.2. The van der Waals surface area contributed by atoms with Crippen molar-refractivity contribution in [3.05, 3.63) is 11.6 Å². The second-order valence-electron chi connectivity index (χ2n) is 4.92. The molecule has 1 aromatic heterocycles. The number of thiazole rings is 1. The van der Waals surface area contributed by atoms with Crippen LogP contribution in [0.3, 0.4) is 0 Å². The molecular weight excluding hydrogens is 240 g/mol. The van der Waals surface area contributed by atoms with E-state index in [1.807, 2.05) is 26.2 Å². The predicted octanol–water partition coefficient (Wildman–Crippen LogP) is 2.14. The van der Waals surface area contributed by atoms with Crippen LogP contribution in [0.1, 0.15) is 20.8 Å². The van der Waals surface area contributed by atoms with Crippen LogP contribution in [0, 0.1) is 0 Å². The van der Waals surface area contributed by atoms with Gasteiger partial charge in [-0.05, 0) is 20.8 Å². The first-order valence-electron chi connectivity index (χ1n) is 5.48. The molecule has 94 valence electrons. The van der Waals surface area contributed by atoms with Gasteiger partial charge in [-0.1, -0.05) is 11.3 Å². The molecule has 0 saturated carbocycles. The fourth-order valence-electron chi connectivity index (χ4n) is 1.40. The fourth-order valence-corrected chi connectivity index (χ4v) is 1.95. The van der Waals surface area contributed by atoms with Crippen LogP contribution >= 0.6 is 11.3 Å². The van der Waals surface area contributed by atoms with Crippen LogP contribution in [0.25, 0.3) is 0 Å². The van der Waals surface area contributed by atoms with E-state index in [0.29, 0.717) is 18.3 Å². The molecule has 0 radical (unpaired) electrons. The molecule has 1 fully saturated rings. The minimum Gasteiger partial charge on any atom is -0.463 e. The van der Waals surface area contributed by atoms with Crippen molar-refractivity contribution in [1.82, 2.24) is 9.88 Å². The highest BCUT2D eigenvalue weighted by Crippen LogP contribution is 2.21. The number of nitrogens with zero attached hydrogens (tertiary/aromatic N) is 2. The number of aromatic nitrogens is 1. The molecule has 5 nitrogen and oxygen atoms in total. The van der Waals surface area contributed by atoms with Crippen molar-refractivity contribution < 1.29 is 14.3 Å². The molecule has 0 atom stereocenters. The van der Waals surface area contributed by atoms with Crippen molar-refractivity contribution in [2.75, 3.05) is 13.1 Å². The molecule has 0 aliphatic carbocycles. The van der Waals surface area contributed by atoms with Crippen LogP contribution in [0.4, 0.5) is 4.79 Å². The number of hydrogen-bond donors (Lipinski definition) is 0. The van der Waals surface area contributed by atoms with Crippen molar-refractivity contribution in [1.29, 1.82) is 0 Å². The van der Waals surface area contributed by atoms with Crippen molar-refractivity contribution in [3.63, 3.8) is 0 Å². The van der Waals surface area contributed by atoms with Crippen molar-refractivity contribution in [2.45, 2.75) is 32.5 Å². The topological polar surface area (TPSA) is 51.7 Å². The zero-order chi connectivity index (χ0) is 12.5. The summed E-state index contributed by atoms with van der Waals surface area (Å²) in [5.41, 5.74) is -0.446. The predicted molar refractivity (Wildman–Crippen MR) is 64.3 cm³/mol. The van der Waals surface area contributed by atoms with Crippen LogP contribution in [0.15, 0.2) is 11.6 Å². The Bertz CT molecular complexity index is 380. The number of hydrogen-bond acceptors (Lipinski definition) is 5. The standard InChI is InChI=1S/C11H16N2O3S/c1-11(2,3)16-10(14)13-6-8(7-13)15-9-12-4-5-17-9/h4-5,8H,6-7H2,1-3H3. The number of amides is 1. The van der Waals surface area contributed by atoms with E-state index in [9.17, 15) is 4.79 Å². The van der Waals surface area contributed by atoms with E-state index in [4.69, 9.17) is 9.47 Å². The number of carbonyl (C=O) groups is 1. The highest BCUT2D eigenvalue weighted by Gasteiger charge is 2.35. The Morgan fingerprint density at radius 1 is 1.53 bits per heavy atom. The highest BCUT2D eigenvalue weighted by atomic mass is 32.1. The summed E-state index contributed by atoms with van der Waals surface area (Å²) >= 11 is 1.45. The third-order valence-corrected chi connectivity index (χ3v) is 2.84. The first kappa shape index (κ1) is 12.2. The summed E-state index contributed by atoms with van der Waals surface area (Å²) in [5.74, 6) is 0. The van der Waals surface area contributed by atoms with Crippen LogP contribution < -0.4 is 4.74 Å². The molecule has 0 unspecified atom stereocenters. The minimum absolute atomic E-state index is 0.0358. The summed E-state index contributed by atoms with van der Waals surface area (Å²) in [5, 5.41) is 2.51. The van der Waals surface area contributed by atoms with Crippen LogP contribution in [0.5, 0.6) is 5.19 Å². The summed E-state index contributed by atoms with van der Waals surface area (Å²) in [6.45, 7) is 6.69. The monoisotopic (exact) mass is 256 g/mol. The van der Waals surface area contributed by atoms with Crippen molar-refractivity contribution in [2.24, 2.45) is 0 Å². The Labute approximate surface area is 104 Å². The number of carbonyl (C=O) groups excluding carboxylic acids is 1. The van der Waals surface area contributed by atoms with E-state index in [0.717, 1.165) is 0 Å². The molecule has 17 heavy (non-hydrogen) atoms. The summed E-state index contributed by atoms with van der Waals surface area (Å²) in [6.07, 6.45) is 1.45. The average Bonchev–Trinajstić information content (AvgIpc) is 2.59. The lowest BCUT2D eigenvalue weighted by atomic mass is 10.2. The van der Waals surface area contributed by atoms with Crippen LogP contribution in [-0.4, -0.2) is 40.8 Å². The lowest BCUT2D eigenvalue weighted by Crippen LogP contribution is -2.57. The van der Waals surface area contributed by atoms with E-state index >= 15 is 0 Å². The zero-order valence-corrected chi connectivity index (χ0v) is 11.0. The second kappa shape index (κ2) is 4.52. The molecule has 2 heterocycles. The molecule has 0 spiro atoms. The molecule has 1 aromatic rings. The Morgan fingerprint density at radius 3 is 2.76 bits per heavy atom. The first-order chi connectivity index (χ1) is 7.94. The third kappa shape index (κ3) is 3.33. The molecule has 0 N–H and O–H groups in total. The van der Waals surface area contributed by atoms with Gasteiger partial charge in [0.25, 0.3) is 5.19 Å². The summed E-state index contributed by atoms with van der Waals surface area (Å²) < 4.78 is 10.8. The Morgan fingerprint density at radius 2 is 2.24 bits per heavy atom. The average molecular weight is 256 g/mol. The third-order valence-electron chi connectivity index (χ3n) is 2.18. The maximum Gasteiger partial charge on any atom is 0.410 e. The Balaban J connectivity index is 1.73. The van der Waals surface area contributed by atoms with E-state index in [-0.39, 0.29) is 12.2 Å². The number of likely N-dealkylation sites (tertiary alicyclic amines) is 1. The SMILES string of the molecule is CC(C)(C)OC(=O)N1CC(Oc2nccs2)C1. The number of ether oxygens (including phenoxy) is 2. The first-order valence-corrected chi connectivity index (χ1v) is 6.36. The Hall–Kier alpha value is -1.30. The normalized spacial score (nSPS) is 16.5. The second-order valence-corrected chi connectivity index (χ2v) is 5.78. The van der Waals surface area contributed by atoms with Crippen LogP contribution in [-0.2, 0) is 4.74 Å². The van der Waals surface area contributed by atoms with Gasteiger partial charge < -0.3 is 14.4 Å². The van der Waals surface area contributed by atoms with Gasteiger partial charge in [0.15, 0.2) is 0 Å². The number of rotatable bonds is 2.